The minimum atomic E-state index is -1.06. The molecule has 2 heterocycles. The number of carbonyl (C=O) groups excluding carboxylic acids is 1. The molecule has 2 aliphatic heterocycles. The maximum atomic E-state index is 11.9. The zero-order chi connectivity index (χ0) is 13.8. The van der Waals surface area contributed by atoms with Crippen molar-refractivity contribution >= 4 is 11.9 Å². The molecule has 2 rings (SSSR count). The summed E-state index contributed by atoms with van der Waals surface area (Å²) in [5.74, 6) is -1.79. The van der Waals surface area contributed by atoms with Crippen molar-refractivity contribution in [2.24, 2.45) is 11.3 Å². The molecule has 0 aromatic heterocycles. The van der Waals surface area contributed by atoms with Gasteiger partial charge in [0.15, 0.2) is 0 Å². The normalized spacial score (nSPS) is 29.2. The van der Waals surface area contributed by atoms with Crippen LogP contribution in [0.2, 0.25) is 0 Å². The van der Waals surface area contributed by atoms with Gasteiger partial charge in [0.25, 0.3) is 0 Å². The summed E-state index contributed by atoms with van der Waals surface area (Å²) >= 11 is 0. The highest BCUT2D eigenvalue weighted by Crippen LogP contribution is 2.48. The number of amides is 1. The number of hydrogen-bond donors (Lipinski definition) is 2. The second-order valence-corrected chi connectivity index (χ2v) is 6.13. The largest absolute Gasteiger partial charge is 0.477 e. The van der Waals surface area contributed by atoms with Gasteiger partial charge in [0, 0.05) is 0 Å². The van der Waals surface area contributed by atoms with E-state index in [-0.39, 0.29) is 23.1 Å². The molecule has 0 aromatic rings. The first kappa shape index (κ1) is 13.1. The molecule has 2 N–H and O–H groups in total. The number of nitrogens with zero attached hydrogens (tertiary/aromatic N) is 1. The lowest BCUT2D eigenvalue weighted by Gasteiger charge is -2.44. The van der Waals surface area contributed by atoms with Crippen LogP contribution in [0, 0.1) is 11.3 Å². The van der Waals surface area contributed by atoms with Gasteiger partial charge in [0.2, 0.25) is 5.91 Å². The topological polar surface area (TPSA) is 77.8 Å². The van der Waals surface area contributed by atoms with Crippen LogP contribution in [0.15, 0.2) is 11.3 Å². The fraction of sp³-hybridized carbons (Fsp3) is 0.692. The Kier molecular flexibility index (Phi) is 2.77. The van der Waals surface area contributed by atoms with E-state index in [1.54, 1.807) is 6.92 Å². The van der Waals surface area contributed by atoms with Crippen LogP contribution in [0.1, 0.15) is 34.1 Å². The zero-order valence-corrected chi connectivity index (χ0v) is 11.1. The lowest BCUT2D eigenvalue weighted by Crippen LogP contribution is -2.61. The molecular weight excluding hydrogens is 234 g/mol. The average molecular weight is 253 g/mol. The average Bonchev–Trinajstić information content (AvgIpc) is 2.51. The van der Waals surface area contributed by atoms with Gasteiger partial charge in [-0.05, 0) is 24.3 Å². The maximum Gasteiger partial charge on any atom is 0.352 e. The van der Waals surface area contributed by atoms with Crippen molar-refractivity contribution < 1.29 is 19.8 Å². The summed E-state index contributed by atoms with van der Waals surface area (Å²) in [6.45, 7) is 7.41. The number of β-lactam (4-membered cyclic amide) rings is 1. The van der Waals surface area contributed by atoms with Crippen LogP contribution in [0.4, 0.5) is 0 Å². The highest BCUT2D eigenvalue weighted by molar-refractivity contribution is 5.99. The van der Waals surface area contributed by atoms with Gasteiger partial charge in [0.1, 0.15) is 5.70 Å². The molecule has 0 saturated carbocycles. The molecule has 5 heteroatoms. The van der Waals surface area contributed by atoms with E-state index >= 15 is 0 Å². The number of fused-ring (bicyclic) bond motifs is 1. The molecule has 1 fully saturated rings. The summed E-state index contributed by atoms with van der Waals surface area (Å²) < 4.78 is 0. The van der Waals surface area contributed by atoms with Gasteiger partial charge >= 0.3 is 5.97 Å². The van der Waals surface area contributed by atoms with Gasteiger partial charge in [0.05, 0.1) is 18.1 Å². The molecule has 100 valence electrons. The molecule has 18 heavy (non-hydrogen) atoms. The SMILES string of the molecule is C[C@@H](O)[C@H]1C(=O)N2C(C(=O)O)=C(C(C)(C)C)C[C@H]12. The van der Waals surface area contributed by atoms with Gasteiger partial charge in [-0.2, -0.15) is 0 Å². The fourth-order valence-corrected chi connectivity index (χ4v) is 2.93. The molecule has 1 amide bonds. The van der Waals surface area contributed by atoms with Crippen molar-refractivity contribution in [3.63, 3.8) is 0 Å². The first-order valence-electron chi connectivity index (χ1n) is 6.14. The predicted molar refractivity (Wildman–Crippen MR) is 64.5 cm³/mol. The maximum absolute atomic E-state index is 11.9. The van der Waals surface area contributed by atoms with E-state index in [2.05, 4.69) is 0 Å². The Labute approximate surface area is 106 Å². The van der Waals surface area contributed by atoms with Crippen LogP contribution in [0.3, 0.4) is 0 Å². The number of aliphatic hydroxyl groups is 1. The standard InChI is InChI=1S/C13H19NO4/c1-6(15)9-8-5-7(13(2,3)4)10(12(17)18)14(8)11(9)16/h6,8-9,15H,5H2,1-4H3,(H,17,18)/t6-,8-,9-/m1/s1. The van der Waals surface area contributed by atoms with Crippen LogP contribution < -0.4 is 0 Å². The molecule has 3 atom stereocenters. The summed E-state index contributed by atoms with van der Waals surface area (Å²) in [5, 5.41) is 18.9. The number of aliphatic carboxylic acids is 1. The number of carboxylic acid groups (broad SMARTS) is 1. The van der Waals surface area contributed by atoms with Gasteiger partial charge in [-0.15, -0.1) is 0 Å². The number of hydrogen-bond acceptors (Lipinski definition) is 3. The Bertz CT molecular complexity index is 444. The van der Waals surface area contributed by atoms with Crippen LogP contribution in [-0.4, -0.2) is 39.1 Å². The number of carboxylic acids is 1. The van der Waals surface area contributed by atoms with E-state index < -0.39 is 18.0 Å². The first-order valence-corrected chi connectivity index (χ1v) is 6.14. The Morgan fingerprint density at radius 3 is 2.39 bits per heavy atom. The number of aliphatic hydroxyl groups excluding tert-OH is 1. The molecule has 5 nitrogen and oxygen atoms in total. The second kappa shape index (κ2) is 3.82. The Balaban J connectivity index is 2.39. The second-order valence-electron chi connectivity index (χ2n) is 6.13. The quantitative estimate of drug-likeness (QED) is 0.719. The van der Waals surface area contributed by atoms with Gasteiger partial charge < -0.3 is 15.1 Å². The number of rotatable bonds is 2. The van der Waals surface area contributed by atoms with E-state index in [4.69, 9.17) is 0 Å². The minimum Gasteiger partial charge on any atom is -0.477 e. The molecule has 0 bridgehead atoms. The molecule has 1 saturated heterocycles. The van der Waals surface area contributed by atoms with Crippen LogP contribution in [-0.2, 0) is 9.59 Å². The van der Waals surface area contributed by atoms with E-state index in [0.717, 1.165) is 5.57 Å². The molecular formula is C13H19NO4. The lowest BCUT2D eigenvalue weighted by atomic mass is 9.79. The third-order valence-electron chi connectivity index (χ3n) is 3.84. The summed E-state index contributed by atoms with van der Waals surface area (Å²) in [7, 11) is 0. The van der Waals surface area contributed by atoms with Gasteiger partial charge in [-0.25, -0.2) is 4.79 Å². The van der Waals surface area contributed by atoms with Gasteiger partial charge in [-0.1, -0.05) is 20.8 Å². The summed E-state index contributed by atoms with van der Waals surface area (Å²) in [5.41, 5.74) is 0.625. The lowest BCUT2D eigenvalue weighted by molar-refractivity contribution is -0.161. The van der Waals surface area contributed by atoms with E-state index in [1.807, 2.05) is 20.8 Å². The van der Waals surface area contributed by atoms with Crippen LogP contribution in [0.25, 0.3) is 0 Å². The molecule has 0 radical (unpaired) electrons. The van der Waals surface area contributed by atoms with Gasteiger partial charge in [-0.3, -0.25) is 4.79 Å². The van der Waals surface area contributed by atoms with Crippen molar-refractivity contribution in [3.8, 4) is 0 Å². The molecule has 2 aliphatic rings. The Hall–Kier alpha value is -1.36. The van der Waals surface area contributed by atoms with E-state index in [0.29, 0.717) is 6.42 Å². The van der Waals surface area contributed by atoms with Crippen molar-refractivity contribution in [2.75, 3.05) is 0 Å². The zero-order valence-electron chi connectivity index (χ0n) is 11.1. The third-order valence-corrected chi connectivity index (χ3v) is 3.84. The molecule has 0 aromatic carbocycles. The fourth-order valence-electron chi connectivity index (χ4n) is 2.93. The van der Waals surface area contributed by atoms with Crippen LogP contribution >= 0.6 is 0 Å². The van der Waals surface area contributed by atoms with Crippen molar-refractivity contribution in [1.29, 1.82) is 0 Å². The monoisotopic (exact) mass is 253 g/mol. The van der Waals surface area contributed by atoms with E-state index in [1.165, 1.54) is 4.90 Å². The highest BCUT2D eigenvalue weighted by atomic mass is 16.4. The predicted octanol–water partition coefficient (Wildman–Crippen LogP) is 0.983. The van der Waals surface area contributed by atoms with Crippen molar-refractivity contribution in [2.45, 2.75) is 46.3 Å². The summed E-state index contributed by atoms with van der Waals surface area (Å²) in [4.78, 5) is 24.6. The smallest absolute Gasteiger partial charge is 0.352 e. The molecule has 0 unspecified atom stereocenters. The molecule has 0 aliphatic carbocycles. The summed E-state index contributed by atoms with van der Waals surface area (Å²) in [6.07, 6.45) is -0.181. The first-order chi connectivity index (χ1) is 8.16. The van der Waals surface area contributed by atoms with E-state index in [9.17, 15) is 19.8 Å². The molecule has 0 spiro atoms. The summed E-state index contributed by atoms with van der Waals surface area (Å²) in [6, 6.07) is -0.183. The highest BCUT2D eigenvalue weighted by Gasteiger charge is 2.57. The third kappa shape index (κ3) is 1.65. The Morgan fingerprint density at radius 2 is 2.00 bits per heavy atom. The number of carbonyl (C=O) groups is 2. The van der Waals surface area contributed by atoms with Crippen molar-refractivity contribution in [1.82, 2.24) is 4.90 Å². The van der Waals surface area contributed by atoms with Crippen molar-refractivity contribution in [3.05, 3.63) is 11.3 Å². The minimum absolute atomic E-state index is 0.120. The van der Waals surface area contributed by atoms with Crippen LogP contribution in [0.5, 0.6) is 0 Å². The Morgan fingerprint density at radius 1 is 1.44 bits per heavy atom.